The van der Waals surface area contributed by atoms with E-state index in [9.17, 15) is 29.4 Å². The van der Waals surface area contributed by atoms with Gasteiger partial charge in [0, 0.05) is 6.54 Å². The summed E-state index contributed by atoms with van der Waals surface area (Å²) in [5, 5.41) is 23.9. The van der Waals surface area contributed by atoms with Crippen molar-refractivity contribution in [2.75, 3.05) is 18.6 Å². The summed E-state index contributed by atoms with van der Waals surface area (Å²) < 4.78 is 0. The minimum absolute atomic E-state index is 0.263. The summed E-state index contributed by atoms with van der Waals surface area (Å²) in [5.74, 6) is -2.35. The van der Waals surface area contributed by atoms with Crippen molar-refractivity contribution in [3.8, 4) is 0 Å². The van der Waals surface area contributed by atoms with Gasteiger partial charge in [0.15, 0.2) is 6.04 Å². The summed E-state index contributed by atoms with van der Waals surface area (Å²) in [5.41, 5.74) is 7.07. The fraction of sp³-hybridized carbons (Fsp3) is 0.565. The maximum atomic E-state index is 13.1. The molecule has 1 heterocycles. The Morgan fingerprint density at radius 3 is 2.47 bits per heavy atom. The number of nitrogens with zero attached hydrogens (tertiary/aromatic N) is 1. The molecule has 1 aromatic rings. The average molecular weight is 495 g/mol. The molecule has 5 unspecified atom stereocenters. The van der Waals surface area contributed by atoms with Crippen LogP contribution in [0.5, 0.6) is 0 Å². The summed E-state index contributed by atoms with van der Waals surface area (Å²) in [6, 6.07) is 5.32. The largest absolute Gasteiger partial charge is 0.480 e. The molecule has 10 nitrogen and oxygen atoms in total. The van der Waals surface area contributed by atoms with Gasteiger partial charge in [-0.3, -0.25) is 14.4 Å². The number of nitrogens with two attached hydrogens (primary N) is 1. The Hall–Kier alpha value is -2.63. The number of thioether (sulfide) groups is 1. The van der Waals surface area contributed by atoms with E-state index in [2.05, 4.69) is 10.6 Å². The van der Waals surface area contributed by atoms with Gasteiger partial charge >= 0.3 is 5.97 Å². The molecule has 6 N–H and O–H groups in total. The van der Waals surface area contributed by atoms with Crippen molar-refractivity contribution in [1.29, 1.82) is 0 Å². The van der Waals surface area contributed by atoms with Crippen LogP contribution in [0.4, 0.5) is 0 Å². The highest BCUT2D eigenvalue weighted by Crippen LogP contribution is 2.20. The Balaban J connectivity index is 2.06. The Kier molecular flexibility index (Phi) is 10.8. The first kappa shape index (κ1) is 27.6. The number of aliphatic hydroxyl groups is 1. The molecule has 0 aromatic heterocycles. The molecule has 34 heavy (non-hydrogen) atoms. The van der Waals surface area contributed by atoms with Crippen molar-refractivity contribution in [2.24, 2.45) is 5.73 Å². The first-order chi connectivity index (χ1) is 16.1. The molecule has 2 rings (SSSR count). The summed E-state index contributed by atoms with van der Waals surface area (Å²) in [7, 11) is 0. The number of benzene rings is 1. The summed E-state index contributed by atoms with van der Waals surface area (Å²) in [4.78, 5) is 51.6. The highest BCUT2D eigenvalue weighted by atomic mass is 32.2. The SMILES string of the molecule is CSCCC(NC(=O)C1CCCN1C(=O)C(N)Cc1ccccc1)C(=O)NC(C(=O)O)C(C)O. The molecule has 1 aliphatic rings. The van der Waals surface area contributed by atoms with E-state index in [0.717, 1.165) is 5.56 Å². The number of hydrogen-bond donors (Lipinski definition) is 5. The highest BCUT2D eigenvalue weighted by molar-refractivity contribution is 7.98. The first-order valence-electron chi connectivity index (χ1n) is 11.3. The van der Waals surface area contributed by atoms with E-state index in [1.807, 2.05) is 36.6 Å². The lowest BCUT2D eigenvalue weighted by molar-refractivity contribution is -0.145. The van der Waals surface area contributed by atoms with Crippen LogP contribution in [0.2, 0.25) is 0 Å². The molecular weight excluding hydrogens is 460 g/mol. The number of aliphatic hydroxyl groups excluding tert-OH is 1. The van der Waals surface area contributed by atoms with E-state index in [1.54, 1.807) is 0 Å². The zero-order valence-corrected chi connectivity index (χ0v) is 20.3. The quantitative estimate of drug-likeness (QED) is 0.265. The Labute approximate surface area is 203 Å². The second kappa shape index (κ2) is 13.3. The van der Waals surface area contributed by atoms with Gasteiger partial charge in [0.2, 0.25) is 17.7 Å². The number of nitrogens with one attached hydrogen (secondary N) is 2. The van der Waals surface area contributed by atoms with Crippen LogP contribution in [0.1, 0.15) is 31.7 Å². The Bertz CT molecular complexity index is 853. The lowest BCUT2D eigenvalue weighted by Crippen LogP contribution is -2.58. The van der Waals surface area contributed by atoms with E-state index in [-0.39, 0.29) is 12.3 Å². The highest BCUT2D eigenvalue weighted by Gasteiger charge is 2.38. The number of rotatable bonds is 12. The van der Waals surface area contributed by atoms with Crippen LogP contribution in [0, 0.1) is 0 Å². The Morgan fingerprint density at radius 1 is 1.21 bits per heavy atom. The number of carboxylic acids is 1. The van der Waals surface area contributed by atoms with Crippen LogP contribution < -0.4 is 16.4 Å². The van der Waals surface area contributed by atoms with Gasteiger partial charge in [0.25, 0.3) is 0 Å². The van der Waals surface area contributed by atoms with Gasteiger partial charge < -0.3 is 31.5 Å². The molecule has 3 amide bonds. The number of likely N-dealkylation sites (tertiary alicyclic amines) is 1. The summed E-state index contributed by atoms with van der Waals surface area (Å²) >= 11 is 1.47. The molecule has 0 spiro atoms. The molecular formula is C23H34N4O6S. The van der Waals surface area contributed by atoms with E-state index in [4.69, 9.17) is 5.73 Å². The maximum absolute atomic E-state index is 13.1. The summed E-state index contributed by atoms with van der Waals surface area (Å²) in [6.07, 6.45) is 2.22. The number of aliphatic carboxylic acids is 1. The van der Waals surface area contributed by atoms with Crippen molar-refractivity contribution in [3.63, 3.8) is 0 Å². The number of carbonyl (C=O) groups is 4. The van der Waals surface area contributed by atoms with E-state index in [1.165, 1.54) is 23.6 Å². The van der Waals surface area contributed by atoms with Crippen LogP contribution in [-0.2, 0) is 25.6 Å². The number of carboxylic acid groups (broad SMARTS) is 1. The molecule has 1 aliphatic heterocycles. The van der Waals surface area contributed by atoms with Gasteiger partial charge in [0.05, 0.1) is 12.1 Å². The predicted octanol–water partition coefficient (Wildman–Crippen LogP) is -0.264. The van der Waals surface area contributed by atoms with Crippen LogP contribution in [0.3, 0.4) is 0 Å². The minimum atomic E-state index is -1.50. The van der Waals surface area contributed by atoms with Crippen LogP contribution >= 0.6 is 11.8 Å². The fourth-order valence-electron chi connectivity index (χ4n) is 3.89. The average Bonchev–Trinajstić information content (AvgIpc) is 3.29. The molecule has 0 bridgehead atoms. The molecule has 0 saturated carbocycles. The normalized spacial score (nSPS) is 19.1. The van der Waals surface area contributed by atoms with Crippen LogP contribution in [0.15, 0.2) is 30.3 Å². The Morgan fingerprint density at radius 2 is 1.88 bits per heavy atom. The van der Waals surface area contributed by atoms with Crippen molar-refractivity contribution < 1.29 is 29.4 Å². The van der Waals surface area contributed by atoms with Gasteiger partial charge in [-0.25, -0.2) is 4.79 Å². The zero-order valence-electron chi connectivity index (χ0n) is 19.5. The smallest absolute Gasteiger partial charge is 0.328 e. The molecule has 0 aliphatic carbocycles. The topological polar surface area (TPSA) is 162 Å². The second-order valence-corrected chi connectivity index (χ2v) is 9.38. The number of amides is 3. The van der Waals surface area contributed by atoms with Gasteiger partial charge in [-0.15, -0.1) is 0 Å². The standard InChI is InChI=1S/C23H34N4O6S/c1-14(28)19(23(32)33)26-20(29)17(10-12-34-2)25-21(30)18-9-6-11-27(18)22(31)16(24)13-15-7-4-3-5-8-15/h3-5,7-8,14,16-19,28H,6,9-13,24H2,1-2H3,(H,25,30)(H,26,29)(H,32,33). The fourth-order valence-corrected chi connectivity index (χ4v) is 4.36. The first-order valence-corrected chi connectivity index (χ1v) is 12.7. The summed E-state index contributed by atoms with van der Waals surface area (Å²) in [6.45, 7) is 1.65. The lowest BCUT2D eigenvalue weighted by Gasteiger charge is -2.29. The van der Waals surface area contributed by atoms with Crippen molar-refractivity contribution in [2.45, 2.75) is 62.9 Å². The van der Waals surface area contributed by atoms with Gasteiger partial charge in [-0.05, 0) is 50.2 Å². The number of carbonyl (C=O) groups excluding carboxylic acids is 3. The number of hydrogen-bond acceptors (Lipinski definition) is 7. The third kappa shape index (κ3) is 7.71. The van der Waals surface area contributed by atoms with E-state index >= 15 is 0 Å². The zero-order chi connectivity index (χ0) is 25.3. The molecule has 11 heteroatoms. The second-order valence-electron chi connectivity index (χ2n) is 8.39. The molecule has 5 atom stereocenters. The van der Waals surface area contributed by atoms with Crippen molar-refractivity contribution in [1.82, 2.24) is 15.5 Å². The monoisotopic (exact) mass is 494 g/mol. The van der Waals surface area contributed by atoms with Crippen LogP contribution in [-0.4, -0.2) is 87.6 Å². The van der Waals surface area contributed by atoms with E-state index < -0.39 is 48.1 Å². The van der Waals surface area contributed by atoms with Crippen molar-refractivity contribution in [3.05, 3.63) is 35.9 Å². The maximum Gasteiger partial charge on any atom is 0.328 e. The lowest BCUT2D eigenvalue weighted by atomic mass is 10.0. The third-order valence-corrected chi connectivity index (χ3v) is 6.39. The van der Waals surface area contributed by atoms with Crippen molar-refractivity contribution >= 4 is 35.5 Å². The molecule has 1 saturated heterocycles. The molecule has 1 aromatic carbocycles. The van der Waals surface area contributed by atoms with Gasteiger partial charge in [0.1, 0.15) is 12.1 Å². The van der Waals surface area contributed by atoms with Gasteiger partial charge in [-0.2, -0.15) is 11.8 Å². The van der Waals surface area contributed by atoms with Crippen LogP contribution in [0.25, 0.3) is 0 Å². The third-order valence-electron chi connectivity index (χ3n) is 5.74. The van der Waals surface area contributed by atoms with Gasteiger partial charge in [-0.1, -0.05) is 30.3 Å². The predicted molar refractivity (Wildman–Crippen MR) is 129 cm³/mol. The molecule has 1 fully saturated rings. The molecule has 188 valence electrons. The molecule has 0 radical (unpaired) electrons. The minimum Gasteiger partial charge on any atom is -0.480 e. The van der Waals surface area contributed by atoms with E-state index in [0.29, 0.717) is 31.6 Å².